The van der Waals surface area contributed by atoms with Crippen LogP contribution in [0.25, 0.3) is 0 Å². The Bertz CT molecular complexity index is 1340. The zero-order valence-electron chi connectivity index (χ0n) is 17.7. The minimum Gasteiger partial charge on any atom is -0.487 e. The number of nitrogens with zero attached hydrogens (tertiary/aromatic N) is 1. The molecular weight excluding hydrogens is 491 g/mol. The number of hydrogen-bond acceptors (Lipinski definition) is 7. The van der Waals surface area contributed by atoms with Crippen LogP contribution in [0.1, 0.15) is 31.2 Å². The van der Waals surface area contributed by atoms with Crippen molar-refractivity contribution in [3.63, 3.8) is 0 Å². The van der Waals surface area contributed by atoms with Crippen molar-refractivity contribution in [2.75, 3.05) is 18.1 Å². The molecule has 0 fully saturated rings. The second-order valence-corrected chi connectivity index (χ2v) is 8.20. The van der Waals surface area contributed by atoms with Gasteiger partial charge in [0.25, 0.3) is 5.91 Å². The molecule has 2 amide bonds. The summed E-state index contributed by atoms with van der Waals surface area (Å²) in [5.41, 5.74) is -0.190. The van der Waals surface area contributed by atoms with Crippen molar-refractivity contribution in [3.05, 3.63) is 74.7 Å². The maximum Gasteiger partial charge on any atom is 0.346 e. The van der Waals surface area contributed by atoms with Gasteiger partial charge in [-0.15, -0.1) is 11.3 Å². The SMILES string of the molecule is O=C(O)c1scc2c1C(=O)N(c1cc(COc3c(OCCO)ccc(F)c3F)ccc1F)C(=O)C2. The summed E-state index contributed by atoms with van der Waals surface area (Å²) in [7, 11) is 0. The molecular formula is C23H16F3NO7S. The third kappa shape index (κ3) is 4.57. The number of carbonyl (C=O) groups excluding carboxylic acids is 2. The van der Waals surface area contributed by atoms with Crippen molar-refractivity contribution in [2.24, 2.45) is 0 Å². The van der Waals surface area contributed by atoms with E-state index in [0.717, 1.165) is 35.6 Å². The molecule has 0 saturated heterocycles. The fourth-order valence-corrected chi connectivity index (χ4v) is 4.42. The number of benzene rings is 2. The molecule has 2 aromatic carbocycles. The van der Waals surface area contributed by atoms with Gasteiger partial charge >= 0.3 is 5.97 Å². The summed E-state index contributed by atoms with van der Waals surface area (Å²) < 4.78 is 53.2. The molecule has 4 rings (SSSR count). The number of imide groups is 1. The molecule has 0 atom stereocenters. The molecule has 1 aliphatic rings. The fourth-order valence-electron chi connectivity index (χ4n) is 3.52. The highest BCUT2D eigenvalue weighted by molar-refractivity contribution is 7.12. The Morgan fingerprint density at radius 3 is 2.54 bits per heavy atom. The van der Waals surface area contributed by atoms with Crippen molar-refractivity contribution in [2.45, 2.75) is 13.0 Å². The summed E-state index contributed by atoms with van der Waals surface area (Å²) >= 11 is 0.792. The Kier molecular flexibility index (Phi) is 6.76. The standard InChI is InChI=1S/C23H16F3NO7S/c24-13-2-1-11(9-34-20-16(33-6-5-28)4-3-14(25)19(20)26)7-15(13)27-17(29)8-12-10-35-21(23(31)32)18(12)22(27)30/h1-4,7,10,28H,5-6,8-9H2,(H,31,32). The third-order valence-corrected chi connectivity index (χ3v) is 6.08. The Labute approximate surface area is 199 Å². The molecule has 1 aromatic heterocycles. The second kappa shape index (κ2) is 9.76. The molecule has 0 bridgehead atoms. The van der Waals surface area contributed by atoms with E-state index < -0.39 is 53.3 Å². The summed E-state index contributed by atoms with van der Waals surface area (Å²) in [6.07, 6.45) is -0.301. The molecule has 0 unspecified atom stereocenters. The molecule has 2 heterocycles. The van der Waals surface area contributed by atoms with Gasteiger partial charge in [0.15, 0.2) is 11.6 Å². The Morgan fingerprint density at radius 2 is 1.83 bits per heavy atom. The Hall–Kier alpha value is -3.90. The van der Waals surface area contributed by atoms with Crippen LogP contribution in [0, 0.1) is 17.5 Å². The van der Waals surface area contributed by atoms with Crippen molar-refractivity contribution < 1.29 is 47.2 Å². The van der Waals surface area contributed by atoms with Crippen molar-refractivity contribution in [3.8, 4) is 11.5 Å². The third-order valence-electron chi connectivity index (χ3n) is 5.07. The molecule has 8 nitrogen and oxygen atoms in total. The van der Waals surface area contributed by atoms with E-state index in [4.69, 9.17) is 14.6 Å². The van der Waals surface area contributed by atoms with Crippen LogP contribution < -0.4 is 14.4 Å². The number of hydrogen-bond donors (Lipinski definition) is 2. The highest BCUT2D eigenvalue weighted by Gasteiger charge is 2.38. The zero-order chi connectivity index (χ0) is 25.3. The van der Waals surface area contributed by atoms with E-state index in [1.54, 1.807) is 0 Å². The van der Waals surface area contributed by atoms with E-state index >= 15 is 0 Å². The Morgan fingerprint density at radius 1 is 1.09 bits per heavy atom. The van der Waals surface area contributed by atoms with E-state index in [9.17, 15) is 32.7 Å². The van der Waals surface area contributed by atoms with Crippen molar-refractivity contribution in [1.29, 1.82) is 0 Å². The number of anilines is 1. The van der Waals surface area contributed by atoms with Gasteiger partial charge < -0.3 is 19.7 Å². The molecule has 0 aliphatic carbocycles. The van der Waals surface area contributed by atoms with Crippen molar-refractivity contribution >= 4 is 34.8 Å². The molecule has 3 aromatic rings. The summed E-state index contributed by atoms with van der Waals surface area (Å²) in [4.78, 5) is 37.4. The summed E-state index contributed by atoms with van der Waals surface area (Å²) in [6.45, 7) is -1.01. The summed E-state index contributed by atoms with van der Waals surface area (Å²) in [5, 5.41) is 19.7. The fraction of sp³-hybridized carbons (Fsp3) is 0.174. The zero-order valence-corrected chi connectivity index (χ0v) is 18.5. The maximum absolute atomic E-state index is 14.7. The number of carbonyl (C=O) groups is 3. The van der Waals surface area contributed by atoms with E-state index in [2.05, 4.69) is 0 Å². The number of fused-ring (bicyclic) bond motifs is 1. The molecule has 1 aliphatic heterocycles. The number of rotatable bonds is 8. The Balaban J connectivity index is 1.64. The van der Waals surface area contributed by atoms with Gasteiger partial charge in [-0.05, 0) is 40.8 Å². The van der Waals surface area contributed by atoms with E-state index in [1.807, 2.05) is 0 Å². The van der Waals surface area contributed by atoms with Crippen LogP contribution >= 0.6 is 11.3 Å². The van der Waals surface area contributed by atoms with Crippen LogP contribution in [0.4, 0.5) is 18.9 Å². The largest absolute Gasteiger partial charge is 0.487 e. The van der Waals surface area contributed by atoms with Crippen LogP contribution in [-0.4, -0.2) is 41.2 Å². The highest BCUT2D eigenvalue weighted by atomic mass is 32.1. The number of carboxylic acid groups (broad SMARTS) is 1. The summed E-state index contributed by atoms with van der Waals surface area (Å²) in [5.74, 6) is -7.33. The van der Waals surface area contributed by atoms with Gasteiger partial charge in [0.1, 0.15) is 23.9 Å². The number of aliphatic hydroxyl groups excluding tert-OH is 1. The lowest BCUT2D eigenvalue weighted by molar-refractivity contribution is -0.117. The number of aliphatic hydroxyl groups is 1. The van der Waals surface area contributed by atoms with Crippen LogP contribution in [-0.2, 0) is 17.8 Å². The summed E-state index contributed by atoms with van der Waals surface area (Å²) in [6, 6.07) is 5.27. The normalized spacial score (nSPS) is 13.1. The van der Waals surface area contributed by atoms with Gasteiger partial charge in [-0.25, -0.2) is 18.5 Å². The quantitative estimate of drug-likeness (QED) is 0.449. The van der Waals surface area contributed by atoms with E-state index in [0.29, 0.717) is 4.90 Å². The molecule has 182 valence electrons. The van der Waals surface area contributed by atoms with Crippen LogP contribution in [0.2, 0.25) is 0 Å². The second-order valence-electron chi connectivity index (χ2n) is 7.32. The number of aromatic carboxylic acids is 1. The first-order chi connectivity index (χ1) is 16.7. The lowest BCUT2D eigenvalue weighted by Gasteiger charge is -2.26. The maximum atomic E-state index is 14.7. The number of carboxylic acids is 1. The molecule has 0 radical (unpaired) electrons. The predicted octanol–water partition coefficient (Wildman–Crippen LogP) is 3.54. The van der Waals surface area contributed by atoms with Gasteiger partial charge in [-0.3, -0.25) is 9.59 Å². The molecule has 12 heteroatoms. The van der Waals surface area contributed by atoms with Gasteiger partial charge in [-0.2, -0.15) is 4.39 Å². The smallest absolute Gasteiger partial charge is 0.346 e. The van der Waals surface area contributed by atoms with Crippen LogP contribution in [0.5, 0.6) is 11.5 Å². The lowest BCUT2D eigenvalue weighted by atomic mass is 10.00. The average molecular weight is 507 g/mol. The molecule has 2 N–H and O–H groups in total. The number of ether oxygens (including phenoxy) is 2. The molecule has 0 saturated carbocycles. The highest BCUT2D eigenvalue weighted by Crippen LogP contribution is 2.35. The van der Waals surface area contributed by atoms with Gasteiger partial charge in [-0.1, -0.05) is 6.07 Å². The first-order valence-corrected chi connectivity index (χ1v) is 10.9. The minimum absolute atomic E-state index is 0.173. The number of amides is 2. The number of halogens is 3. The van der Waals surface area contributed by atoms with Crippen LogP contribution in [0.15, 0.2) is 35.7 Å². The first-order valence-electron chi connectivity index (χ1n) is 10.1. The van der Waals surface area contributed by atoms with E-state index in [1.165, 1.54) is 11.4 Å². The average Bonchev–Trinajstić information content (AvgIpc) is 3.25. The van der Waals surface area contributed by atoms with Gasteiger partial charge in [0.05, 0.1) is 24.3 Å². The minimum atomic E-state index is -1.35. The monoisotopic (exact) mass is 507 g/mol. The number of thiophene rings is 1. The van der Waals surface area contributed by atoms with Gasteiger partial charge in [0.2, 0.25) is 17.5 Å². The van der Waals surface area contributed by atoms with E-state index in [-0.39, 0.29) is 47.0 Å². The first kappa shape index (κ1) is 24.2. The van der Waals surface area contributed by atoms with Crippen LogP contribution in [0.3, 0.4) is 0 Å². The molecule has 0 spiro atoms. The lowest BCUT2D eigenvalue weighted by Crippen LogP contribution is -2.43. The topological polar surface area (TPSA) is 113 Å². The van der Waals surface area contributed by atoms with Crippen molar-refractivity contribution in [1.82, 2.24) is 0 Å². The predicted molar refractivity (Wildman–Crippen MR) is 116 cm³/mol. The van der Waals surface area contributed by atoms with Gasteiger partial charge in [0, 0.05) is 0 Å². The molecule has 35 heavy (non-hydrogen) atoms.